The topological polar surface area (TPSA) is 54.4 Å². The van der Waals surface area contributed by atoms with Crippen LogP contribution >= 0.6 is 0 Å². The predicted molar refractivity (Wildman–Crippen MR) is 117 cm³/mol. The Bertz CT molecular complexity index is 516. The number of carbonyl (C=O) groups is 2. The number of carboxylic acid groups (broad SMARTS) is 1. The highest BCUT2D eigenvalue weighted by Gasteiger charge is 2.23. The van der Waals surface area contributed by atoms with E-state index in [1.807, 2.05) is 12.2 Å². The van der Waals surface area contributed by atoms with E-state index in [-0.39, 0.29) is 12.2 Å². The van der Waals surface area contributed by atoms with Crippen LogP contribution in [0.2, 0.25) is 0 Å². The number of carbonyl (C=O) groups excluding carboxylic acids is 1. The van der Waals surface area contributed by atoms with E-state index >= 15 is 0 Å². The van der Waals surface area contributed by atoms with Crippen LogP contribution in [-0.2, 0) is 9.59 Å². The summed E-state index contributed by atoms with van der Waals surface area (Å²) in [6.45, 7) is 2.26. The Balaban J connectivity index is 0.000000552. The van der Waals surface area contributed by atoms with Gasteiger partial charge in [0.05, 0.1) is 0 Å². The Morgan fingerprint density at radius 2 is 1.93 bits per heavy atom. The number of allylic oxidation sites excluding steroid dienone is 6. The molecule has 2 rings (SSSR count). The highest BCUT2D eigenvalue weighted by molar-refractivity contribution is 5.91. The summed E-state index contributed by atoms with van der Waals surface area (Å²) >= 11 is 0. The Kier molecular flexibility index (Phi) is 14.2. The lowest BCUT2D eigenvalue weighted by atomic mass is 9.92. The number of rotatable bonds is 12. The smallest absolute Gasteiger partial charge is 0.303 e. The fraction of sp³-hybridized carbons (Fsp3) is 0.680. The standard InChI is InChI=1S/C20H34O2.C5H6O/c1-2-3-4-5-6-7-9-13-18-15-12-16-19(18)14-10-8-11-17-20(21)22;6-5-3-1-2-4-5/h8-10,13,18-19H,2-7,11-12,14-17H2,1H3,(H,21,22);1,3H,2,4H2/b10-8-,13-9+;/t18-,19-;/m0./s1. The van der Waals surface area contributed by atoms with Crippen molar-refractivity contribution in [2.75, 3.05) is 0 Å². The van der Waals surface area contributed by atoms with Gasteiger partial charge >= 0.3 is 5.97 Å². The maximum Gasteiger partial charge on any atom is 0.303 e. The minimum Gasteiger partial charge on any atom is -0.481 e. The molecule has 1 N–H and O–H groups in total. The second-order valence-corrected chi connectivity index (χ2v) is 8.03. The molecule has 1 fully saturated rings. The normalized spacial score (nSPS) is 21.5. The highest BCUT2D eigenvalue weighted by Crippen LogP contribution is 2.35. The molecule has 0 aromatic rings. The lowest BCUT2D eigenvalue weighted by Crippen LogP contribution is -2.03. The zero-order valence-electron chi connectivity index (χ0n) is 17.8. The molecule has 0 amide bonds. The molecule has 0 heterocycles. The van der Waals surface area contributed by atoms with Crippen LogP contribution in [-0.4, -0.2) is 16.9 Å². The first-order valence-corrected chi connectivity index (χ1v) is 11.4. The molecule has 1 saturated carbocycles. The van der Waals surface area contributed by atoms with Crippen molar-refractivity contribution in [3.05, 3.63) is 36.5 Å². The summed E-state index contributed by atoms with van der Waals surface area (Å²) in [5.74, 6) is 1.09. The molecule has 0 bridgehead atoms. The van der Waals surface area contributed by atoms with Crippen LogP contribution in [0.5, 0.6) is 0 Å². The van der Waals surface area contributed by atoms with Gasteiger partial charge in [-0.3, -0.25) is 9.59 Å². The van der Waals surface area contributed by atoms with Crippen LogP contribution in [0.3, 0.4) is 0 Å². The fourth-order valence-electron chi connectivity index (χ4n) is 3.87. The minimum absolute atomic E-state index is 0.253. The zero-order valence-corrected chi connectivity index (χ0v) is 17.8. The van der Waals surface area contributed by atoms with Gasteiger partial charge in [0.25, 0.3) is 0 Å². The van der Waals surface area contributed by atoms with E-state index in [2.05, 4.69) is 25.2 Å². The van der Waals surface area contributed by atoms with E-state index in [0.717, 1.165) is 31.1 Å². The third-order valence-corrected chi connectivity index (χ3v) is 5.57. The third kappa shape index (κ3) is 12.7. The fourth-order valence-corrected chi connectivity index (χ4v) is 3.87. The van der Waals surface area contributed by atoms with E-state index in [1.54, 1.807) is 6.08 Å². The quantitative estimate of drug-likeness (QED) is 0.288. The van der Waals surface area contributed by atoms with Gasteiger partial charge in [-0.25, -0.2) is 0 Å². The van der Waals surface area contributed by atoms with Gasteiger partial charge in [0.15, 0.2) is 5.78 Å². The molecule has 0 unspecified atom stereocenters. The van der Waals surface area contributed by atoms with Crippen molar-refractivity contribution in [1.82, 2.24) is 0 Å². The lowest BCUT2D eigenvalue weighted by molar-refractivity contribution is -0.136. The van der Waals surface area contributed by atoms with E-state index < -0.39 is 5.97 Å². The molecule has 3 nitrogen and oxygen atoms in total. The third-order valence-electron chi connectivity index (χ3n) is 5.57. The maximum absolute atomic E-state index is 10.5. The largest absolute Gasteiger partial charge is 0.481 e. The summed E-state index contributed by atoms with van der Waals surface area (Å²) in [6, 6.07) is 0. The van der Waals surface area contributed by atoms with Crippen LogP contribution in [0.4, 0.5) is 0 Å². The van der Waals surface area contributed by atoms with Gasteiger partial charge in [-0.2, -0.15) is 0 Å². The second-order valence-electron chi connectivity index (χ2n) is 8.03. The van der Waals surface area contributed by atoms with E-state index in [4.69, 9.17) is 5.11 Å². The van der Waals surface area contributed by atoms with Crippen molar-refractivity contribution < 1.29 is 14.7 Å². The van der Waals surface area contributed by atoms with Gasteiger partial charge in [0.2, 0.25) is 0 Å². The summed E-state index contributed by atoms with van der Waals surface area (Å²) < 4.78 is 0. The molecule has 2 atom stereocenters. The number of hydrogen-bond donors (Lipinski definition) is 1. The Labute approximate surface area is 172 Å². The SMILES string of the molecule is CCCCCCC/C=C/[C@H]1CCC[C@@H]1C/C=C\CCC(=O)O.O=C1C=CCC1. The first-order valence-electron chi connectivity index (χ1n) is 11.4. The van der Waals surface area contributed by atoms with Crippen LogP contribution in [0.25, 0.3) is 0 Å². The van der Waals surface area contributed by atoms with Gasteiger partial charge in [-0.1, -0.05) is 69.4 Å². The summed E-state index contributed by atoms with van der Waals surface area (Å²) in [4.78, 5) is 20.6. The van der Waals surface area contributed by atoms with Crippen LogP contribution in [0.15, 0.2) is 36.5 Å². The van der Waals surface area contributed by atoms with Gasteiger partial charge < -0.3 is 5.11 Å². The van der Waals surface area contributed by atoms with Crippen LogP contribution in [0, 0.1) is 11.8 Å². The van der Waals surface area contributed by atoms with Crippen LogP contribution < -0.4 is 0 Å². The molecule has 0 aliphatic heterocycles. The molecule has 0 radical (unpaired) electrons. The molecular weight excluding hydrogens is 348 g/mol. The Morgan fingerprint density at radius 1 is 1.11 bits per heavy atom. The van der Waals surface area contributed by atoms with E-state index in [0.29, 0.717) is 6.42 Å². The minimum atomic E-state index is -0.703. The zero-order chi connectivity index (χ0) is 20.5. The van der Waals surface area contributed by atoms with Gasteiger partial charge in [-0.15, -0.1) is 0 Å². The number of ketones is 1. The molecule has 0 aromatic heterocycles. The molecule has 158 valence electrons. The molecule has 28 heavy (non-hydrogen) atoms. The first kappa shape index (κ1) is 24.4. The van der Waals surface area contributed by atoms with E-state index in [9.17, 15) is 9.59 Å². The molecule has 0 aromatic carbocycles. The summed E-state index contributed by atoms with van der Waals surface area (Å²) in [5, 5.41) is 8.61. The highest BCUT2D eigenvalue weighted by atomic mass is 16.4. The lowest BCUT2D eigenvalue weighted by Gasteiger charge is -2.14. The monoisotopic (exact) mass is 388 g/mol. The van der Waals surface area contributed by atoms with E-state index in [1.165, 1.54) is 57.8 Å². The van der Waals surface area contributed by atoms with Crippen LogP contribution in [0.1, 0.15) is 96.8 Å². The molecule has 3 heteroatoms. The van der Waals surface area contributed by atoms with Crippen molar-refractivity contribution in [1.29, 1.82) is 0 Å². The van der Waals surface area contributed by atoms with Crippen molar-refractivity contribution >= 4 is 11.8 Å². The van der Waals surface area contributed by atoms with Gasteiger partial charge in [0, 0.05) is 12.8 Å². The van der Waals surface area contributed by atoms with Crippen molar-refractivity contribution in [3.8, 4) is 0 Å². The number of hydrogen-bond acceptors (Lipinski definition) is 2. The predicted octanol–water partition coefficient (Wildman–Crippen LogP) is 7.04. The Morgan fingerprint density at radius 3 is 2.57 bits per heavy atom. The summed E-state index contributed by atoms with van der Waals surface area (Å²) in [6.07, 6.45) is 28.4. The average Bonchev–Trinajstić information content (AvgIpc) is 3.32. The number of aliphatic carboxylic acids is 1. The average molecular weight is 389 g/mol. The number of carboxylic acids is 1. The molecule has 2 aliphatic rings. The molecular formula is C25H40O3. The van der Waals surface area contributed by atoms with Crippen molar-refractivity contribution in [3.63, 3.8) is 0 Å². The van der Waals surface area contributed by atoms with Gasteiger partial charge in [0.1, 0.15) is 0 Å². The van der Waals surface area contributed by atoms with Gasteiger partial charge in [-0.05, 0) is 62.9 Å². The Hall–Kier alpha value is -1.64. The molecule has 0 spiro atoms. The second kappa shape index (κ2) is 16.3. The number of unbranched alkanes of at least 4 members (excludes halogenated alkanes) is 5. The summed E-state index contributed by atoms with van der Waals surface area (Å²) in [7, 11) is 0. The van der Waals surface area contributed by atoms with Crippen molar-refractivity contribution in [2.24, 2.45) is 11.8 Å². The molecule has 2 aliphatic carbocycles. The maximum atomic E-state index is 10.5. The van der Waals surface area contributed by atoms with Crippen molar-refractivity contribution in [2.45, 2.75) is 96.8 Å². The first-order chi connectivity index (χ1) is 13.6. The molecule has 0 saturated heterocycles. The summed E-state index contributed by atoms with van der Waals surface area (Å²) in [5.41, 5.74) is 0.